The minimum Gasteiger partial charge on any atom is -0.388 e. The van der Waals surface area contributed by atoms with Gasteiger partial charge in [0.2, 0.25) is 0 Å². The van der Waals surface area contributed by atoms with Crippen LogP contribution in [0.2, 0.25) is 10.0 Å². The van der Waals surface area contributed by atoms with Crippen LogP contribution in [0.3, 0.4) is 0 Å². The zero-order valence-electron chi connectivity index (χ0n) is 9.13. The van der Waals surface area contributed by atoms with Crippen LogP contribution in [-0.2, 0) is 0 Å². The highest BCUT2D eigenvalue weighted by Gasteiger charge is 2.21. The second kappa shape index (κ2) is 5.39. The van der Waals surface area contributed by atoms with E-state index in [-0.39, 0.29) is 0 Å². The molecule has 1 nitrogen and oxygen atoms in total. The molecule has 88 valence electrons. The molecule has 1 aliphatic carbocycles. The minimum atomic E-state index is -0.451. The number of rotatable bonds is 3. The molecule has 1 fully saturated rings. The van der Waals surface area contributed by atoms with Crippen molar-refractivity contribution in [1.29, 1.82) is 0 Å². The van der Waals surface area contributed by atoms with Gasteiger partial charge in [-0.2, -0.15) is 0 Å². The molecular formula is C13H16Cl2O. The van der Waals surface area contributed by atoms with Crippen LogP contribution in [0, 0.1) is 5.92 Å². The van der Waals surface area contributed by atoms with Crippen LogP contribution in [0.1, 0.15) is 43.8 Å². The Labute approximate surface area is 106 Å². The Bertz CT molecular complexity index is 359. The van der Waals surface area contributed by atoms with Gasteiger partial charge in [-0.15, -0.1) is 0 Å². The maximum absolute atomic E-state index is 10.1. The third-order valence-electron chi connectivity index (χ3n) is 3.35. The van der Waals surface area contributed by atoms with Crippen molar-refractivity contribution in [2.45, 2.75) is 38.2 Å². The Morgan fingerprint density at radius 2 is 1.94 bits per heavy atom. The molecule has 0 spiro atoms. The second-order valence-corrected chi connectivity index (χ2v) is 5.41. The predicted molar refractivity (Wildman–Crippen MR) is 68.0 cm³/mol. The van der Waals surface area contributed by atoms with Crippen molar-refractivity contribution in [3.05, 3.63) is 33.8 Å². The summed E-state index contributed by atoms with van der Waals surface area (Å²) in [6.07, 6.45) is 5.44. The van der Waals surface area contributed by atoms with Gasteiger partial charge in [-0.3, -0.25) is 0 Å². The maximum Gasteiger partial charge on any atom is 0.0807 e. The summed E-state index contributed by atoms with van der Waals surface area (Å²) in [4.78, 5) is 0. The Hall–Kier alpha value is -0.240. The van der Waals surface area contributed by atoms with Crippen LogP contribution in [0.25, 0.3) is 0 Å². The molecule has 1 unspecified atom stereocenters. The fourth-order valence-corrected chi connectivity index (χ4v) is 2.99. The molecule has 0 aliphatic heterocycles. The van der Waals surface area contributed by atoms with Gasteiger partial charge in [-0.05, 0) is 30.0 Å². The molecule has 1 aromatic rings. The predicted octanol–water partition coefficient (Wildman–Crippen LogP) is 4.61. The molecule has 1 atom stereocenters. The number of hydrogen-bond acceptors (Lipinski definition) is 1. The molecule has 1 N–H and O–H groups in total. The van der Waals surface area contributed by atoms with Crippen LogP contribution in [0.15, 0.2) is 18.2 Å². The minimum absolute atomic E-state index is 0.451. The van der Waals surface area contributed by atoms with E-state index >= 15 is 0 Å². The molecule has 0 amide bonds. The molecule has 0 heterocycles. The van der Waals surface area contributed by atoms with Gasteiger partial charge in [-0.1, -0.05) is 55.0 Å². The van der Waals surface area contributed by atoms with E-state index in [9.17, 15) is 5.11 Å². The summed E-state index contributed by atoms with van der Waals surface area (Å²) >= 11 is 11.9. The first-order valence-corrected chi connectivity index (χ1v) is 6.55. The number of aliphatic hydroxyl groups excluding tert-OH is 1. The van der Waals surface area contributed by atoms with E-state index in [0.29, 0.717) is 16.0 Å². The smallest absolute Gasteiger partial charge is 0.0807 e. The van der Waals surface area contributed by atoms with Crippen LogP contribution >= 0.6 is 23.2 Å². The summed E-state index contributed by atoms with van der Waals surface area (Å²) in [6, 6.07) is 5.29. The fourth-order valence-electron chi connectivity index (χ4n) is 2.46. The molecule has 1 saturated carbocycles. The molecule has 0 aromatic heterocycles. The molecule has 1 aliphatic rings. The lowest BCUT2D eigenvalue weighted by atomic mass is 9.96. The van der Waals surface area contributed by atoms with Gasteiger partial charge in [-0.25, -0.2) is 0 Å². The second-order valence-electron chi connectivity index (χ2n) is 4.57. The summed E-state index contributed by atoms with van der Waals surface area (Å²) in [7, 11) is 0. The van der Waals surface area contributed by atoms with Gasteiger partial charge in [0.1, 0.15) is 0 Å². The average Bonchev–Trinajstić information content (AvgIpc) is 2.70. The third kappa shape index (κ3) is 2.91. The highest BCUT2D eigenvalue weighted by molar-refractivity contribution is 6.35. The molecule has 1 aromatic carbocycles. The zero-order chi connectivity index (χ0) is 11.5. The summed E-state index contributed by atoms with van der Waals surface area (Å²) < 4.78 is 0. The van der Waals surface area contributed by atoms with E-state index in [2.05, 4.69) is 0 Å². The van der Waals surface area contributed by atoms with Crippen molar-refractivity contribution in [2.75, 3.05) is 0 Å². The Morgan fingerprint density at radius 3 is 2.56 bits per heavy atom. The Balaban J connectivity index is 2.04. The van der Waals surface area contributed by atoms with Crippen LogP contribution in [-0.4, -0.2) is 5.11 Å². The largest absolute Gasteiger partial charge is 0.388 e. The number of halogens is 2. The lowest BCUT2D eigenvalue weighted by Gasteiger charge is -2.16. The third-order valence-corrected chi connectivity index (χ3v) is 3.92. The van der Waals surface area contributed by atoms with E-state index in [0.717, 1.165) is 12.0 Å². The monoisotopic (exact) mass is 258 g/mol. The van der Waals surface area contributed by atoms with Crippen molar-refractivity contribution in [3.63, 3.8) is 0 Å². The quantitative estimate of drug-likeness (QED) is 0.840. The van der Waals surface area contributed by atoms with E-state index in [1.165, 1.54) is 25.7 Å². The van der Waals surface area contributed by atoms with E-state index < -0.39 is 6.10 Å². The molecule has 3 heteroatoms. The SMILES string of the molecule is OC(CC1CCCC1)c1ccc(Cl)cc1Cl. The van der Waals surface area contributed by atoms with Gasteiger partial charge in [0.15, 0.2) is 0 Å². The van der Waals surface area contributed by atoms with Gasteiger partial charge >= 0.3 is 0 Å². The normalized spacial score (nSPS) is 18.9. The van der Waals surface area contributed by atoms with Crippen molar-refractivity contribution < 1.29 is 5.11 Å². The lowest BCUT2D eigenvalue weighted by molar-refractivity contribution is 0.145. The summed E-state index contributed by atoms with van der Waals surface area (Å²) in [5.74, 6) is 0.654. The molecule has 0 radical (unpaired) electrons. The number of aliphatic hydroxyl groups is 1. The molecule has 16 heavy (non-hydrogen) atoms. The lowest BCUT2D eigenvalue weighted by Crippen LogP contribution is -2.04. The van der Waals surface area contributed by atoms with Gasteiger partial charge in [0.25, 0.3) is 0 Å². The van der Waals surface area contributed by atoms with Crippen molar-refractivity contribution in [3.8, 4) is 0 Å². The first-order valence-electron chi connectivity index (χ1n) is 5.80. The molecule has 0 saturated heterocycles. The van der Waals surface area contributed by atoms with Crippen molar-refractivity contribution in [2.24, 2.45) is 5.92 Å². The van der Waals surface area contributed by atoms with Crippen LogP contribution in [0.4, 0.5) is 0 Å². The topological polar surface area (TPSA) is 20.2 Å². The van der Waals surface area contributed by atoms with E-state index in [4.69, 9.17) is 23.2 Å². The zero-order valence-corrected chi connectivity index (χ0v) is 10.6. The van der Waals surface area contributed by atoms with Gasteiger partial charge in [0.05, 0.1) is 6.10 Å². The summed E-state index contributed by atoms with van der Waals surface area (Å²) in [5.41, 5.74) is 0.804. The first-order chi connectivity index (χ1) is 7.66. The molecular weight excluding hydrogens is 243 g/mol. The number of benzene rings is 1. The van der Waals surface area contributed by atoms with Crippen LogP contribution < -0.4 is 0 Å². The molecule has 2 rings (SSSR count). The highest BCUT2D eigenvalue weighted by Crippen LogP contribution is 2.35. The first kappa shape index (κ1) is 12.2. The fraction of sp³-hybridized carbons (Fsp3) is 0.538. The Kier molecular flexibility index (Phi) is 4.12. The van der Waals surface area contributed by atoms with Crippen molar-refractivity contribution in [1.82, 2.24) is 0 Å². The van der Waals surface area contributed by atoms with Gasteiger partial charge in [0, 0.05) is 10.0 Å². The highest BCUT2D eigenvalue weighted by atomic mass is 35.5. The van der Waals surface area contributed by atoms with Crippen molar-refractivity contribution >= 4 is 23.2 Å². The summed E-state index contributed by atoms with van der Waals surface area (Å²) in [6.45, 7) is 0. The standard InChI is InChI=1S/C13H16Cl2O/c14-10-5-6-11(12(15)8-10)13(16)7-9-3-1-2-4-9/h5-6,8-9,13,16H,1-4,7H2. The summed E-state index contributed by atoms with van der Waals surface area (Å²) in [5, 5.41) is 11.3. The number of hydrogen-bond donors (Lipinski definition) is 1. The van der Waals surface area contributed by atoms with E-state index in [1.807, 2.05) is 6.07 Å². The maximum atomic E-state index is 10.1. The Morgan fingerprint density at radius 1 is 1.25 bits per heavy atom. The average molecular weight is 259 g/mol. The van der Waals surface area contributed by atoms with E-state index in [1.54, 1.807) is 12.1 Å². The molecule has 0 bridgehead atoms. The van der Waals surface area contributed by atoms with Gasteiger partial charge < -0.3 is 5.11 Å². The van der Waals surface area contributed by atoms with Crippen LogP contribution in [0.5, 0.6) is 0 Å².